The van der Waals surface area contributed by atoms with Crippen LogP contribution >= 0.6 is 0 Å². The van der Waals surface area contributed by atoms with E-state index in [-0.39, 0.29) is 31.8 Å². The zero-order valence-electron chi connectivity index (χ0n) is 13.6. The predicted molar refractivity (Wildman–Crippen MR) is 86.2 cm³/mol. The highest BCUT2D eigenvalue weighted by Gasteiger charge is 2.28. The van der Waals surface area contributed by atoms with Gasteiger partial charge in [0.15, 0.2) is 0 Å². The number of hydrogen-bond acceptors (Lipinski definition) is 4. The van der Waals surface area contributed by atoms with E-state index >= 15 is 0 Å². The summed E-state index contributed by atoms with van der Waals surface area (Å²) < 4.78 is 0. The molecular weight excluding hydrogens is 268 g/mol. The Balaban J connectivity index is 4.52. The summed E-state index contributed by atoms with van der Waals surface area (Å²) >= 11 is 0. The summed E-state index contributed by atoms with van der Waals surface area (Å²) in [6.07, 6.45) is 12.0. The third kappa shape index (κ3) is 11.1. The van der Waals surface area contributed by atoms with E-state index in [4.69, 9.17) is 20.4 Å². The lowest BCUT2D eigenvalue weighted by Crippen LogP contribution is -2.22. The Bertz CT molecular complexity index is 163. The molecule has 0 aliphatic carbocycles. The summed E-state index contributed by atoms with van der Waals surface area (Å²) in [6.45, 7) is 1.00. The molecule has 21 heavy (non-hydrogen) atoms. The minimum atomic E-state index is 0.250. The zero-order chi connectivity index (χ0) is 15.8. The lowest BCUT2D eigenvalue weighted by Gasteiger charge is -2.35. The molecule has 0 aliphatic rings. The maximum atomic E-state index is 9.01. The van der Waals surface area contributed by atoms with Crippen molar-refractivity contribution < 1.29 is 20.4 Å². The third-order valence-electron chi connectivity index (χ3n) is 4.46. The van der Waals surface area contributed by atoms with Crippen LogP contribution in [0.25, 0.3) is 0 Å². The molecule has 0 aromatic carbocycles. The Morgan fingerprint density at radius 3 is 0.810 bits per heavy atom. The minimum Gasteiger partial charge on any atom is -0.396 e. The van der Waals surface area contributed by atoms with Crippen molar-refractivity contribution in [2.24, 2.45) is 5.41 Å². The van der Waals surface area contributed by atoms with Gasteiger partial charge in [0, 0.05) is 26.4 Å². The summed E-state index contributed by atoms with van der Waals surface area (Å²) in [4.78, 5) is 0. The fourth-order valence-corrected chi connectivity index (χ4v) is 3.20. The van der Waals surface area contributed by atoms with Gasteiger partial charge < -0.3 is 20.4 Å². The number of hydrogen-bond donors (Lipinski definition) is 4. The Morgan fingerprint density at radius 1 is 0.381 bits per heavy atom. The SMILES string of the molecule is OCCCCC(CCCCO)(CCCCO)CCCCO. The molecule has 0 rings (SSSR count). The van der Waals surface area contributed by atoms with Crippen molar-refractivity contribution in [1.29, 1.82) is 0 Å². The monoisotopic (exact) mass is 304 g/mol. The molecule has 4 N–H and O–H groups in total. The van der Waals surface area contributed by atoms with Crippen LogP contribution in [0.5, 0.6) is 0 Å². The molecule has 0 fully saturated rings. The quantitative estimate of drug-likeness (QED) is 0.330. The smallest absolute Gasteiger partial charge is 0.0431 e. The number of unbranched alkanes of at least 4 members (excludes halogenated alkanes) is 4. The van der Waals surface area contributed by atoms with Crippen molar-refractivity contribution >= 4 is 0 Å². The van der Waals surface area contributed by atoms with E-state index in [1.807, 2.05) is 0 Å². The van der Waals surface area contributed by atoms with Crippen molar-refractivity contribution in [1.82, 2.24) is 0 Å². The molecule has 128 valence electrons. The number of aliphatic hydroxyl groups is 4. The second kappa shape index (κ2) is 14.8. The first-order valence-electron chi connectivity index (χ1n) is 8.68. The molecule has 0 unspecified atom stereocenters. The molecule has 0 amide bonds. The Hall–Kier alpha value is -0.160. The van der Waals surface area contributed by atoms with E-state index in [1.54, 1.807) is 0 Å². The van der Waals surface area contributed by atoms with Crippen LogP contribution in [-0.4, -0.2) is 46.9 Å². The average molecular weight is 304 g/mol. The van der Waals surface area contributed by atoms with Crippen LogP contribution in [-0.2, 0) is 0 Å². The van der Waals surface area contributed by atoms with Gasteiger partial charge in [0.1, 0.15) is 0 Å². The minimum absolute atomic E-state index is 0.250. The predicted octanol–water partition coefficient (Wildman–Crippen LogP) is 2.62. The van der Waals surface area contributed by atoms with Gasteiger partial charge in [-0.05, 0) is 56.8 Å². The van der Waals surface area contributed by atoms with Crippen molar-refractivity contribution in [3.8, 4) is 0 Å². The van der Waals surface area contributed by atoms with Crippen LogP contribution in [0.15, 0.2) is 0 Å². The normalized spacial score (nSPS) is 12.0. The van der Waals surface area contributed by atoms with Crippen LogP contribution < -0.4 is 0 Å². The molecule has 0 saturated carbocycles. The molecular formula is C17H36O4. The molecule has 0 heterocycles. The van der Waals surface area contributed by atoms with Gasteiger partial charge in [-0.25, -0.2) is 0 Å². The van der Waals surface area contributed by atoms with E-state index in [2.05, 4.69) is 0 Å². The third-order valence-corrected chi connectivity index (χ3v) is 4.46. The van der Waals surface area contributed by atoms with Crippen LogP contribution in [0, 0.1) is 5.41 Å². The van der Waals surface area contributed by atoms with Crippen LogP contribution in [0.4, 0.5) is 0 Å². The second-order valence-corrected chi connectivity index (χ2v) is 6.22. The fourth-order valence-electron chi connectivity index (χ4n) is 3.20. The summed E-state index contributed by atoms with van der Waals surface area (Å²) in [5, 5.41) is 36.0. The molecule has 0 saturated heterocycles. The molecule has 0 aliphatic heterocycles. The van der Waals surface area contributed by atoms with Gasteiger partial charge in [-0.2, -0.15) is 0 Å². The number of aliphatic hydroxyl groups excluding tert-OH is 4. The van der Waals surface area contributed by atoms with Crippen LogP contribution in [0.2, 0.25) is 0 Å². The summed E-state index contributed by atoms with van der Waals surface area (Å²) in [7, 11) is 0. The summed E-state index contributed by atoms with van der Waals surface area (Å²) in [6, 6.07) is 0. The lowest BCUT2D eigenvalue weighted by atomic mass is 9.71. The highest BCUT2D eigenvalue weighted by Crippen LogP contribution is 2.41. The largest absolute Gasteiger partial charge is 0.396 e. The maximum Gasteiger partial charge on any atom is 0.0431 e. The van der Waals surface area contributed by atoms with Gasteiger partial charge in [0.2, 0.25) is 0 Å². The summed E-state index contributed by atoms with van der Waals surface area (Å²) in [5.41, 5.74) is 0.259. The van der Waals surface area contributed by atoms with Gasteiger partial charge in [-0.3, -0.25) is 0 Å². The molecule has 0 bridgehead atoms. The highest BCUT2D eigenvalue weighted by atomic mass is 16.3. The first-order chi connectivity index (χ1) is 10.2. The van der Waals surface area contributed by atoms with Crippen molar-refractivity contribution in [3.63, 3.8) is 0 Å². The van der Waals surface area contributed by atoms with Crippen molar-refractivity contribution in [3.05, 3.63) is 0 Å². The molecule has 0 atom stereocenters. The van der Waals surface area contributed by atoms with E-state index in [1.165, 1.54) is 0 Å². The molecule has 4 nitrogen and oxygen atoms in total. The average Bonchev–Trinajstić information content (AvgIpc) is 2.48. The topological polar surface area (TPSA) is 80.9 Å². The Labute approximate surface area is 130 Å². The van der Waals surface area contributed by atoms with Crippen LogP contribution in [0.3, 0.4) is 0 Å². The van der Waals surface area contributed by atoms with Gasteiger partial charge in [-0.15, -0.1) is 0 Å². The zero-order valence-corrected chi connectivity index (χ0v) is 13.6. The molecule has 0 aromatic heterocycles. The highest BCUT2D eigenvalue weighted by molar-refractivity contribution is 4.80. The first-order valence-corrected chi connectivity index (χ1v) is 8.68. The molecule has 0 radical (unpaired) electrons. The summed E-state index contributed by atoms with van der Waals surface area (Å²) in [5.74, 6) is 0. The van der Waals surface area contributed by atoms with Gasteiger partial charge >= 0.3 is 0 Å². The second-order valence-electron chi connectivity index (χ2n) is 6.22. The molecule has 0 spiro atoms. The maximum absolute atomic E-state index is 9.01. The first kappa shape index (κ1) is 20.8. The van der Waals surface area contributed by atoms with Gasteiger partial charge in [0.25, 0.3) is 0 Å². The van der Waals surface area contributed by atoms with E-state index < -0.39 is 0 Å². The van der Waals surface area contributed by atoms with Crippen LogP contribution in [0.1, 0.15) is 77.0 Å². The number of rotatable bonds is 16. The van der Waals surface area contributed by atoms with Gasteiger partial charge in [-0.1, -0.05) is 25.7 Å². The van der Waals surface area contributed by atoms with E-state index in [0.29, 0.717) is 0 Å². The van der Waals surface area contributed by atoms with Crippen molar-refractivity contribution in [2.75, 3.05) is 26.4 Å². The molecule has 0 aromatic rings. The Kier molecular flexibility index (Phi) is 14.7. The van der Waals surface area contributed by atoms with E-state index in [0.717, 1.165) is 77.0 Å². The lowest BCUT2D eigenvalue weighted by molar-refractivity contribution is 0.152. The Morgan fingerprint density at radius 2 is 0.619 bits per heavy atom. The van der Waals surface area contributed by atoms with Gasteiger partial charge in [0.05, 0.1) is 0 Å². The standard InChI is InChI=1S/C17H36O4/c18-13-5-1-9-17(10-2-6-14-19,11-3-7-15-20)12-4-8-16-21/h18-21H,1-16H2. The fraction of sp³-hybridized carbons (Fsp3) is 1.00. The van der Waals surface area contributed by atoms with E-state index in [9.17, 15) is 0 Å². The van der Waals surface area contributed by atoms with Crippen molar-refractivity contribution in [2.45, 2.75) is 77.0 Å². The molecule has 4 heteroatoms.